The van der Waals surface area contributed by atoms with Gasteiger partial charge in [-0.05, 0) is 42.7 Å². The Morgan fingerprint density at radius 2 is 2.05 bits per heavy atom. The van der Waals surface area contributed by atoms with Crippen LogP contribution in [0.5, 0.6) is 0 Å². The van der Waals surface area contributed by atoms with E-state index in [2.05, 4.69) is 33.0 Å². The first kappa shape index (κ1) is 13.3. The lowest BCUT2D eigenvalue weighted by molar-refractivity contribution is 0.0735. The molecule has 0 bridgehead atoms. The number of rotatable bonds is 2. The average Bonchev–Trinajstić information content (AvgIpc) is 2.97. The molecule has 1 amide bonds. The number of amides is 1. The first-order chi connectivity index (χ1) is 9.75. The Hall–Kier alpha value is -1.68. The van der Waals surface area contributed by atoms with Crippen LogP contribution < -0.4 is 0 Å². The van der Waals surface area contributed by atoms with Crippen LogP contribution in [0.1, 0.15) is 34.8 Å². The molecular weight excluding hydrogens is 316 g/mol. The van der Waals surface area contributed by atoms with Crippen molar-refractivity contribution < 1.29 is 4.79 Å². The van der Waals surface area contributed by atoms with E-state index in [0.29, 0.717) is 5.56 Å². The van der Waals surface area contributed by atoms with Gasteiger partial charge in [0.15, 0.2) is 0 Å². The molecule has 1 aliphatic heterocycles. The fraction of sp³-hybridized carbons (Fsp3) is 0.250. The number of benzene rings is 1. The molecule has 2 aromatic rings. The van der Waals surface area contributed by atoms with E-state index in [-0.39, 0.29) is 11.9 Å². The molecule has 0 saturated carbocycles. The van der Waals surface area contributed by atoms with Crippen molar-refractivity contribution in [2.24, 2.45) is 0 Å². The summed E-state index contributed by atoms with van der Waals surface area (Å²) < 4.78 is 1.05. The number of nitrogens with zero attached hydrogens (tertiary/aromatic N) is 2. The van der Waals surface area contributed by atoms with Crippen LogP contribution in [0, 0.1) is 0 Å². The Kier molecular flexibility index (Phi) is 3.83. The van der Waals surface area contributed by atoms with Crippen molar-refractivity contribution >= 4 is 21.8 Å². The molecule has 0 spiro atoms. The third-order valence-electron chi connectivity index (χ3n) is 3.67. The number of pyridine rings is 1. The maximum Gasteiger partial charge on any atom is 0.254 e. The number of carbonyl (C=O) groups excluding carboxylic acids is 1. The molecule has 0 aliphatic carbocycles. The van der Waals surface area contributed by atoms with Gasteiger partial charge < -0.3 is 4.90 Å². The van der Waals surface area contributed by atoms with Crippen LogP contribution in [0.25, 0.3) is 0 Å². The minimum atomic E-state index is 0.0925. The summed E-state index contributed by atoms with van der Waals surface area (Å²) >= 11 is 3.50. The van der Waals surface area contributed by atoms with E-state index in [1.165, 1.54) is 5.56 Å². The maximum absolute atomic E-state index is 12.6. The maximum atomic E-state index is 12.6. The van der Waals surface area contributed by atoms with Crippen molar-refractivity contribution in [2.75, 3.05) is 6.54 Å². The number of aromatic nitrogens is 1. The Bertz CT molecular complexity index is 615. The van der Waals surface area contributed by atoms with Gasteiger partial charge in [0.05, 0.1) is 6.04 Å². The second-order valence-electron chi connectivity index (χ2n) is 4.95. The molecule has 1 aromatic heterocycles. The van der Waals surface area contributed by atoms with Gasteiger partial charge >= 0.3 is 0 Å². The lowest BCUT2D eigenvalue weighted by Crippen LogP contribution is -2.30. The highest BCUT2D eigenvalue weighted by Gasteiger charge is 2.30. The summed E-state index contributed by atoms with van der Waals surface area (Å²) in [7, 11) is 0. The Labute approximate surface area is 126 Å². The average molecular weight is 331 g/mol. The fourth-order valence-electron chi connectivity index (χ4n) is 2.73. The minimum absolute atomic E-state index is 0.0925. The van der Waals surface area contributed by atoms with Gasteiger partial charge in [0.2, 0.25) is 0 Å². The van der Waals surface area contributed by atoms with Gasteiger partial charge in [-0.2, -0.15) is 0 Å². The summed E-state index contributed by atoms with van der Waals surface area (Å²) in [6.45, 7) is 0.818. The topological polar surface area (TPSA) is 33.2 Å². The zero-order valence-corrected chi connectivity index (χ0v) is 12.6. The lowest BCUT2D eigenvalue weighted by atomic mass is 10.0. The summed E-state index contributed by atoms with van der Waals surface area (Å²) in [6, 6.07) is 11.9. The summed E-state index contributed by atoms with van der Waals surface area (Å²) in [5, 5.41) is 0. The third kappa shape index (κ3) is 2.61. The highest BCUT2D eigenvalue weighted by atomic mass is 79.9. The van der Waals surface area contributed by atoms with Gasteiger partial charge in [0.25, 0.3) is 5.91 Å². The first-order valence-corrected chi connectivity index (χ1v) is 7.51. The van der Waals surface area contributed by atoms with Crippen molar-refractivity contribution in [2.45, 2.75) is 18.9 Å². The molecule has 1 atom stereocenters. The molecule has 0 N–H and O–H groups in total. The zero-order chi connectivity index (χ0) is 13.9. The molecule has 3 rings (SSSR count). The summed E-state index contributed by atoms with van der Waals surface area (Å²) in [5.74, 6) is 0.0925. The highest BCUT2D eigenvalue weighted by Crippen LogP contribution is 2.34. The van der Waals surface area contributed by atoms with Crippen molar-refractivity contribution in [3.8, 4) is 0 Å². The molecule has 1 saturated heterocycles. The van der Waals surface area contributed by atoms with E-state index in [9.17, 15) is 4.79 Å². The van der Waals surface area contributed by atoms with Crippen LogP contribution in [0.4, 0.5) is 0 Å². The molecule has 1 aliphatic rings. The molecule has 0 unspecified atom stereocenters. The predicted octanol–water partition coefficient (Wildman–Crippen LogP) is 3.82. The van der Waals surface area contributed by atoms with Gasteiger partial charge in [-0.1, -0.05) is 28.1 Å². The molecule has 1 fully saturated rings. The van der Waals surface area contributed by atoms with E-state index in [4.69, 9.17) is 0 Å². The SMILES string of the molecule is O=C(c1ccncc1)N1CCC[C@@H]1c1cccc(Br)c1. The normalized spacial score (nSPS) is 18.2. The number of hydrogen-bond acceptors (Lipinski definition) is 2. The van der Waals surface area contributed by atoms with E-state index in [0.717, 1.165) is 23.9 Å². The monoisotopic (exact) mass is 330 g/mol. The molecular formula is C16H15BrN2O. The first-order valence-electron chi connectivity index (χ1n) is 6.72. The standard InChI is InChI=1S/C16H15BrN2O/c17-14-4-1-3-13(11-14)15-5-2-10-19(15)16(20)12-6-8-18-9-7-12/h1,3-4,6-9,11,15H,2,5,10H2/t15-/m1/s1. The third-order valence-corrected chi connectivity index (χ3v) is 4.17. The van der Waals surface area contributed by atoms with Gasteiger partial charge in [0, 0.05) is 29.0 Å². The Balaban J connectivity index is 1.88. The van der Waals surface area contributed by atoms with Crippen LogP contribution in [-0.2, 0) is 0 Å². The predicted molar refractivity (Wildman–Crippen MR) is 81.4 cm³/mol. The number of halogens is 1. The Morgan fingerprint density at radius 1 is 1.25 bits per heavy atom. The van der Waals surface area contributed by atoms with E-state index in [1.807, 2.05) is 17.0 Å². The molecule has 4 heteroatoms. The van der Waals surface area contributed by atoms with Gasteiger partial charge in [0.1, 0.15) is 0 Å². The van der Waals surface area contributed by atoms with Crippen LogP contribution >= 0.6 is 15.9 Å². The molecule has 1 aromatic carbocycles. The van der Waals surface area contributed by atoms with Crippen molar-refractivity contribution in [3.63, 3.8) is 0 Å². The fourth-order valence-corrected chi connectivity index (χ4v) is 3.15. The zero-order valence-electron chi connectivity index (χ0n) is 11.0. The minimum Gasteiger partial charge on any atom is -0.332 e. The largest absolute Gasteiger partial charge is 0.332 e. The van der Waals surface area contributed by atoms with Gasteiger partial charge in [-0.3, -0.25) is 9.78 Å². The van der Waals surface area contributed by atoms with Crippen molar-refractivity contribution in [1.82, 2.24) is 9.88 Å². The van der Waals surface area contributed by atoms with E-state index >= 15 is 0 Å². The van der Waals surface area contributed by atoms with Crippen molar-refractivity contribution in [1.29, 1.82) is 0 Å². The van der Waals surface area contributed by atoms with Crippen LogP contribution in [-0.4, -0.2) is 22.3 Å². The van der Waals surface area contributed by atoms with E-state index < -0.39 is 0 Å². The van der Waals surface area contributed by atoms with Gasteiger partial charge in [-0.25, -0.2) is 0 Å². The lowest BCUT2D eigenvalue weighted by Gasteiger charge is -2.25. The van der Waals surface area contributed by atoms with E-state index in [1.54, 1.807) is 24.5 Å². The summed E-state index contributed by atoms with van der Waals surface area (Å²) in [5.41, 5.74) is 1.90. The number of hydrogen-bond donors (Lipinski definition) is 0. The molecule has 2 heterocycles. The quantitative estimate of drug-likeness (QED) is 0.838. The van der Waals surface area contributed by atoms with Gasteiger partial charge in [-0.15, -0.1) is 0 Å². The highest BCUT2D eigenvalue weighted by molar-refractivity contribution is 9.10. The molecule has 20 heavy (non-hydrogen) atoms. The summed E-state index contributed by atoms with van der Waals surface area (Å²) in [4.78, 5) is 18.5. The molecule has 102 valence electrons. The second kappa shape index (κ2) is 5.75. The number of likely N-dealkylation sites (tertiary alicyclic amines) is 1. The van der Waals surface area contributed by atoms with Crippen LogP contribution in [0.15, 0.2) is 53.3 Å². The van der Waals surface area contributed by atoms with Crippen LogP contribution in [0.2, 0.25) is 0 Å². The molecule has 0 radical (unpaired) electrons. The summed E-state index contributed by atoms with van der Waals surface area (Å²) in [6.07, 6.45) is 5.40. The number of carbonyl (C=O) groups is 1. The second-order valence-corrected chi connectivity index (χ2v) is 5.86. The Morgan fingerprint density at radius 3 is 2.80 bits per heavy atom. The van der Waals surface area contributed by atoms with Crippen molar-refractivity contribution in [3.05, 3.63) is 64.4 Å². The molecule has 3 nitrogen and oxygen atoms in total. The smallest absolute Gasteiger partial charge is 0.254 e. The van der Waals surface area contributed by atoms with Crippen LogP contribution in [0.3, 0.4) is 0 Å².